The van der Waals surface area contributed by atoms with Gasteiger partial charge in [-0.15, -0.1) is 0 Å². The highest BCUT2D eigenvalue weighted by Crippen LogP contribution is 2.07. The van der Waals surface area contributed by atoms with Gasteiger partial charge in [-0.25, -0.2) is 4.79 Å². The van der Waals surface area contributed by atoms with Crippen molar-refractivity contribution in [2.24, 2.45) is 0 Å². The lowest BCUT2D eigenvalue weighted by Crippen LogP contribution is -2.22. The van der Waals surface area contributed by atoms with Gasteiger partial charge in [-0.05, 0) is 33.6 Å². The summed E-state index contributed by atoms with van der Waals surface area (Å²) in [6, 6.07) is 0. The van der Waals surface area contributed by atoms with Crippen LogP contribution in [0.2, 0.25) is 0 Å². The van der Waals surface area contributed by atoms with Crippen LogP contribution in [0.1, 0.15) is 40.0 Å². The van der Waals surface area contributed by atoms with Crippen LogP contribution in [0.4, 0.5) is 0 Å². The summed E-state index contributed by atoms with van der Waals surface area (Å²) in [5, 5.41) is 0. The maximum absolute atomic E-state index is 11.1. The van der Waals surface area contributed by atoms with Crippen molar-refractivity contribution in [3.8, 4) is 0 Å². The Balaban J connectivity index is 3.66. The summed E-state index contributed by atoms with van der Waals surface area (Å²) in [7, 11) is 0. The molecule has 0 saturated carbocycles. The number of hydrogen-bond acceptors (Lipinski definition) is 3. The van der Waals surface area contributed by atoms with Crippen molar-refractivity contribution in [1.82, 2.24) is 0 Å². The Morgan fingerprint density at radius 1 is 1.29 bits per heavy atom. The number of carbonyl (C=O) groups is 2. The van der Waals surface area contributed by atoms with Crippen LogP contribution in [-0.4, -0.2) is 17.9 Å². The first kappa shape index (κ1) is 12.9. The minimum absolute atomic E-state index is 0.330. The van der Waals surface area contributed by atoms with E-state index in [-0.39, 0.29) is 5.97 Å². The Hall–Kier alpha value is -1.12. The van der Waals surface area contributed by atoms with Crippen molar-refractivity contribution < 1.29 is 14.3 Å². The van der Waals surface area contributed by atoms with Crippen molar-refractivity contribution in [2.45, 2.75) is 45.6 Å². The van der Waals surface area contributed by atoms with Gasteiger partial charge < -0.3 is 9.53 Å². The lowest BCUT2D eigenvalue weighted by molar-refractivity contribution is -0.148. The summed E-state index contributed by atoms with van der Waals surface area (Å²) in [6.07, 6.45) is 6.08. The van der Waals surface area contributed by atoms with Crippen molar-refractivity contribution >= 4 is 12.3 Å². The van der Waals surface area contributed by atoms with E-state index >= 15 is 0 Å². The highest BCUT2D eigenvalue weighted by molar-refractivity contribution is 5.82. The van der Waals surface area contributed by atoms with E-state index in [1.807, 2.05) is 20.8 Å². The standard InChI is InChI=1S/C11H18O3/c1-11(2,3)14-10(13)8-6-4-5-7-9-12/h6,8-9H,4-5,7H2,1-3H3/b8-6-. The van der Waals surface area contributed by atoms with E-state index in [4.69, 9.17) is 4.74 Å². The molecule has 3 nitrogen and oxygen atoms in total. The molecule has 0 amide bonds. The molecule has 0 saturated heterocycles. The molecular weight excluding hydrogens is 180 g/mol. The van der Waals surface area contributed by atoms with Gasteiger partial charge in [0.1, 0.15) is 11.9 Å². The van der Waals surface area contributed by atoms with E-state index in [0.717, 1.165) is 19.1 Å². The number of aldehydes is 1. The van der Waals surface area contributed by atoms with Gasteiger partial charge in [-0.3, -0.25) is 0 Å². The molecule has 0 radical (unpaired) electrons. The molecule has 0 rings (SSSR count). The van der Waals surface area contributed by atoms with Crippen LogP contribution in [0, 0.1) is 0 Å². The fourth-order valence-electron chi connectivity index (χ4n) is 0.834. The van der Waals surface area contributed by atoms with E-state index in [0.29, 0.717) is 6.42 Å². The molecule has 0 aliphatic carbocycles. The highest BCUT2D eigenvalue weighted by atomic mass is 16.6. The van der Waals surface area contributed by atoms with E-state index in [9.17, 15) is 9.59 Å². The Morgan fingerprint density at radius 2 is 1.93 bits per heavy atom. The molecule has 0 unspecified atom stereocenters. The molecule has 80 valence electrons. The predicted molar refractivity (Wildman–Crippen MR) is 54.9 cm³/mol. The number of rotatable bonds is 5. The second-order valence-electron chi connectivity index (χ2n) is 4.03. The number of unbranched alkanes of at least 4 members (excludes halogenated alkanes) is 2. The molecule has 0 aliphatic heterocycles. The average molecular weight is 198 g/mol. The zero-order valence-corrected chi connectivity index (χ0v) is 9.08. The van der Waals surface area contributed by atoms with Gasteiger partial charge >= 0.3 is 5.97 Å². The summed E-state index contributed by atoms with van der Waals surface area (Å²) < 4.78 is 5.05. The molecule has 0 aromatic heterocycles. The van der Waals surface area contributed by atoms with Gasteiger partial charge in [0, 0.05) is 12.5 Å². The Bertz CT molecular complexity index is 211. The first-order valence-electron chi connectivity index (χ1n) is 4.79. The van der Waals surface area contributed by atoms with Crippen molar-refractivity contribution in [1.29, 1.82) is 0 Å². The third kappa shape index (κ3) is 8.97. The van der Waals surface area contributed by atoms with Crippen molar-refractivity contribution in [3.63, 3.8) is 0 Å². The zero-order chi connectivity index (χ0) is 11.0. The zero-order valence-electron chi connectivity index (χ0n) is 9.08. The first-order valence-corrected chi connectivity index (χ1v) is 4.79. The Labute approximate surface area is 85.1 Å². The lowest BCUT2D eigenvalue weighted by atomic mass is 10.2. The smallest absolute Gasteiger partial charge is 0.330 e. The molecule has 3 heteroatoms. The summed E-state index contributed by atoms with van der Waals surface area (Å²) in [6.45, 7) is 5.47. The normalized spacial score (nSPS) is 11.6. The predicted octanol–water partition coefficient (Wildman–Crippen LogP) is 2.25. The molecule has 0 fully saturated rings. The maximum Gasteiger partial charge on any atom is 0.330 e. The molecule has 14 heavy (non-hydrogen) atoms. The molecule has 0 N–H and O–H groups in total. The van der Waals surface area contributed by atoms with E-state index < -0.39 is 5.60 Å². The maximum atomic E-state index is 11.1. The molecule has 0 aromatic rings. The third-order valence-corrected chi connectivity index (χ3v) is 1.35. The molecule has 0 atom stereocenters. The number of esters is 1. The SMILES string of the molecule is CC(C)(C)OC(=O)/C=C\CCCC=O. The van der Waals surface area contributed by atoms with Gasteiger partial charge in [0.25, 0.3) is 0 Å². The van der Waals surface area contributed by atoms with Crippen LogP contribution in [0.5, 0.6) is 0 Å². The quantitative estimate of drug-likeness (QED) is 0.294. The Morgan fingerprint density at radius 3 is 2.43 bits per heavy atom. The second kappa shape index (κ2) is 6.35. The first-order chi connectivity index (χ1) is 6.45. The van der Waals surface area contributed by atoms with Gasteiger partial charge in [-0.2, -0.15) is 0 Å². The van der Waals surface area contributed by atoms with Crippen molar-refractivity contribution in [2.75, 3.05) is 0 Å². The minimum atomic E-state index is -0.440. The molecule has 0 spiro atoms. The van der Waals surface area contributed by atoms with Crippen LogP contribution in [0.3, 0.4) is 0 Å². The van der Waals surface area contributed by atoms with Crippen molar-refractivity contribution in [3.05, 3.63) is 12.2 Å². The van der Waals surface area contributed by atoms with Crippen LogP contribution in [0.25, 0.3) is 0 Å². The van der Waals surface area contributed by atoms with E-state index in [1.54, 1.807) is 6.08 Å². The van der Waals surface area contributed by atoms with E-state index in [2.05, 4.69) is 0 Å². The lowest BCUT2D eigenvalue weighted by Gasteiger charge is -2.17. The number of hydrogen-bond donors (Lipinski definition) is 0. The molecule has 0 bridgehead atoms. The monoisotopic (exact) mass is 198 g/mol. The summed E-state index contributed by atoms with van der Waals surface area (Å²) >= 11 is 0. The van der Waals surface area contributed by atoms with Crippen LogP contribution < -0.4 is 0 Å². The number of ether oxygens (including phenoxy) is 1. The van der Waals surface area contributed by atoms with Gasteiger partial charge in [0.05, 0.1) is 0 Å². The van der Waals surface area contributed by atoms with Gasteiger partial charge in [0.2, 0.25) is 0 Å². The number of allylic oxidation sites excluding steroid dienone is 1. The van der Waals surface area contributed by atoms with Gasteiger partial charge in [0.15, 0.2) is 0 Å². The van der Waals surface area contributed by atoms with E-state index in [1.165, 1.54) is 6.08 Å². The van der Waals surface area contributed by atoms with Crippen LogP contribution >= 0.6 is 0 Å². The minimum Gasteiger partial charge on any atom is -0.457 e. The summed E-state index contributed by atoms with van der Waals surface area (Å²) in [5.74, 6) is -0.330. The third-order valence-electron chi connectivity index (χ3n) is 1.35. The van der Waals surface area contributed by atoms with Crippen LogP contribution in [-0.2, 0) is 14.3 Å². The molecule has 0 heterocycles. The van der Waals surface area contributed by atoms with Crippen LogP contribution in [0.15, 0.2) is 12.2 Å². The fraction of sp³-hybridized carbons (Fsp3) is 0.636. The second-order valence-corrected chi connectivity index (χ2v) is 4.03. The molecule has 0 aromatic carbocycles. The number of carbonyl (C=O) groups excluding carboxylic acids is 2. The Kier molecular flexibility index (Phi) is 5.84. The summed E-state index contributed by atoms with van der Waals surface area (Å²) in [4.78, 5) is 21.1. The highest BCUT2D eigenvalue weighted by Gasteiger charge is 2.13. The topological polar surface area (TPSA) is 43.4 Å². The fourth-order valence-corrected chi connectivity index (χ4v) is 0.834. The average Bonchev–Trinajstić information content (AvgIpc) is 2.00. The molecule has 0 aliphatic rings. The largest absolute Gasteiger partial charge is 0.457 e. The summed E-state index contributed by atoms with van der Waals surface area (Å²) in [5.41, 5.74) is -0.440. The van der Waals surface area contributed by atoms with Gasteiger partial charge in [-0.1, -0.05) is 6.08 Å². The molecular formula is C11H18O3.